The first kappa shape index (κ1) is 12.7. The average molecular weight is 261 g/mol. The van der Waals surface area contributed by atoms with Crippen LogP contribution in [-0.4, -0.2) is 23.1 Å². The van der Waals surface area contributed by atoms with Crippen LogP contribution >= 0.6 is 0 Å². The molecule has 0 fully saturated rings. The molecule has 1 aromatic heterocycles. The van der Waals surface area contributed by atoms with Crippen LogP contribution in [0.5, 0.6) is 0 Å². The van der Waals surface area contributed by atoms with Gasteiger partial charge in [0.05, 0.1) is 29.8 Å². The van der Waals surface area contributed by atoms with Crippen LogP contribution in [0.4, 0.5) is 10.5 Å². The first-order valence-electron chi connectivity index (χ1n) is 5.46. The molecule has 0 unspecified atom stereocenters. The molecule has 7 nitrogen and oxygen atoms in total. The molecule has 0 spiro atoms. The normalized spacial score (nSPS) is 10.2. The van der Waals surface area contributed by atoms with E-state index < -0.39 is 11.0 Å². The number of nitrogens with one attached hydrogen (secondary N) is 1. The SMILES string of the molecule is COC(=O)NCc1ccc2cc([N+](=O)[O-])ccc2n1. The van der Waals surface area contributed by atoms with Crippen molar-refractivity contribution >= 4 is 22.7 Å². The number of non-ortho nitro benzene ring substituents is 1. The molecule has 1 aromatic carbocycles. The van der Waals surface area contributed by atoms with Gasteiger partial charge in [-0.3, -0.25) is 15.1 Å². The van der Waals surface area contributed by atoms with Crippen molar-refractivity contribution in [3.05, 3.63) is 46.1 Å². The Morgan fingerprint density at radius 2 is 2.21 bits per heavy atom. The minimum atomic E-state index is -0.536. The van der Waals surface area contributed by atoms with Crippen LogP contribution in [0.25, 0.3) is 10.9 Å². The highest BCUT2D eigenvalue weighted by Gasteiger charge is 2.07. The number of benzene rings is 1. The van der Waals surface area contributed by atoms with E-state index in [0.717, 1.165) is 0 Å². The Hall–Kier alpha value is -2.70. The molecule has 0 saturated heterocycles. The standard InChI is InChI=1S/C12H11N3O4/c1-19-12(16)13-7-9-3-2-8-6-10(15(17)18)4-5-11(8)14-9/h2-6H,7H2,1H3,(H,13,16). The zero-order valence-corrected chi connectivity index (χ0v) is 10.1. The van der Waals surface area contributed by atoms with Gasteiger partial charge in [-0.25, -0.2) is 4.79 Å². The lowest BCUT2D eigenvalue weighted by atomic mass is 10.2. The number of fused-ring (bicyclic) bond motifs is 1. The molecule has 0 saturated carbocycles. The fraction of sp³-hybridized carbons (Fsp3) is 0.167. The van der Waals surface area contributed by atoms with Crippen LogP contribution in [0.15, 0.2) is 30.3 Å². The fourth-order valence-corrected chi connectivity index (χ4v) is 1.60. The van der Waals surface area contributed by atoms with Crippen LogP contribution < -0.4 is 5.32 Å². The summed E-state index contributed by atoms with van der Waals surface area (Å²) in [6.07, 6.45) is -0.536. The summed E-state index contributed by atoms with van der Waals surface area (Å²) >= 11 is 0. The van der Waals surface area contributed by atoms with Gasteiger partial charge >= 0.3 is 6.09 Å². The number of ether oxygens (including phenoxy) is 1. The summed E-state index contributed by atoms with van der Waals surface area (Å²) < 4.78 is 4.45. The quantitative estimate of drug-likeness (QED) is 0.673. The monoisotopic (exact) mass is 261 g/mol. The molecule has 1 N–H and O–H groups in total. The minimum Gasteiger partial charge on any atom is -0.453 e. The van der Waals surface area contributed by atoms with Crippen LogP contribution in [0.1, 0.15) is 5.69 Å². The van der Waals surface area contributed by atoms with E-state index in [9.17, 15) is 14.9 Å². The number of amides is 1. The Morgan fingerprint density at radius 1 is 1.42 bits per heavy atom. The van der Waals surface area contributed by atoms with Gasteiger partial charge in [-0.15, -0.1) is 0 Å². The molecule has 0 aliphatic rings. The smallest absolute Gasteiger partial charge is 0.407 e. The second-order valence-electron chi connectivity index (χ2n) is 3.78. The zero-order chi connectivity index (χ0) is 13.8. The number of hydrogen-bond acceptors (Lipinski definition) is 5. The highest BCUT2D eigenvalue weighted by molar-refractivity contribution is 5.81. The predicted octanol–water partition coefficient (Wildman–Crippen LogP) is 2.00. The molecule has 98 valence electrons. The number of nitrogens with zero attached hydrogens (tertiary/aromatic N) is 2. The zero-order valence-electron chi connectivity index (χ0n) is 10.1. The lowest BCUT2D eigenvalue weighted by molar-refractivity contribution is -0.384. The maximum Gasteiger partial charge on any atom is 0.407 e. The van der Waals surface area contributed by atoms with Crippen molar-refractivity contribution in [1.82, 2.24) is 10.3 Å². The van der Waals surface area contributed by atoms with Gasteiger partial charge in [0.15, 0.2) is 0 Å². The van der Waals surface area contributed by atoms with E-state index in [1.807, 2.05) is 0 Å². The van der Waals surface area contributed by atoms with E-state index in [-0.39, 0.29) is 12.2 Å². The molecule has 7 heteroatoms. The van der Waals surface area contributed by atoms with Crippen LogP contribution in [-0.2, 0) is 11.3 Å². The van der Waals surface area contributed by atoms with E-state index in [1.54, 1.807) is 18.2 Å². The Balaban J connectivity index is 2.24. The van der Waals surface area contributed by atoms with Crippen molar-refractivity contribution in [3.8, 4) is 0 Å². The van der Waals surface area contributed by atoms with E-state index in [0.29, 0.717) is 16.6 Å². The summed E-state index contributed by atoms with van der Waals surface area (Å²) in [7, 11) is 1.28. The highest BCUT2D eigenvalue weighted by atomic mass is 16.6. The number of rotatable bonds is 3. The van der Waals surface area contributed by atoms with Crippen molar-refractivity contribution in [2.45, 2.75) is 6.54 Å². The lowest BCUT2D eigenvalue weighted by Crippen LogP contribution is -2.22. The van der Waals surface area contributed by atoms with Gasteiger partial charge in [-0.05, 0) is 12.1 Å². The molecule has 1 amide bonds. The number of aromatic nitrogens is 1. The number of pyridine rings is 1. The number of alkyl carbamates (subject to hydrolysis) is 1. The third kappa shape index (κ3) is 2.95. The number of nitro groups is 1. The van der Waals surface area contributed by atoms with Crippen molar-refractivity contribution in [3.63, 3.8) is 0 Å². The topological polar surface area (TPSA) is 94.4 Å². The Bertz CT molecular complexity index is 642. The molecular formula is C12H11N3O4. The maximum absolute atomic E-state index is 10.9. The molecular weight excluding hydrogens is 250 g/mol. The van der Waals surface area contributed by atoms with Crippen molar-refractivity contribution < 1.29 is 14.5 Å². The second-order valence-corrected chi connectivity index (χ2v) is 3.78. The van der Waals surface area contributed by atoms with Gasteiger partial charge in [0.1, 0.15) is 0 Å². The Labute approximate surface area is 108 Å². The fourth-order valence-electron chi connectivity index (χ4n) is 1.60. The Kier molecular flexibility index (Phi) is 3.56. The van der Waals surface area contributed by atoms with Crippen LogP contribution in [0.3, 0.4) is 0 Å². The summed E-state index contributed by atoms with van der Waals surface area (Å²) in [6.45, 7) is 0.236. The summed E-state index contributed by atoms with van der Waals surface area (Å²) in [5.41, 5.74) is 1.30. The molecule has 0 aliphatic carbocycles. The third-order valence-electron chi connectivity index (χ3n) is 2.54. The molecule has 0 atom stereocenters. The number of nitro benzene ring substituents is 1. The van der Waals surface area contributed by atoms with E-state index in [1.165, 1.54) is 19.2 Å². The van der Waals surface area contributed by atoms with Gasteiger partial charge in [0.2, 0.25) is 0 Å². The van der Waals surface area contributed by atoms with Crippen LogP contribution in [0, 0.1) is 10.1 Å². The summed E-state index contributed by atoms with van der Waals surface area (Å²) in [5.74, 6) is 0. The average Bonchev–Trinajstić information content (AvgIpc) is 2.43. The molecule has 19 heavy (non-hydrogen) atoms. The molecule has 0 radical (unpaired) electrons. The Morgan fingerprint density at radius 3 is 2.89 bits per heavy atom. The number of carbonyl (C=O) groups excluding carboxylic acids is 1. The molecule has 2 rings (SSSR count). The van der Waals surface area contributed by atoms with Crippen molar-refractivity contribution in [2.75, 3.05) is 7.11 Å². The van der Waals surface area contributed by atoms with Crippen LogP contribution in [0.2, 0.25) is 0 Å². The van der Waals surface area contributed by atoms with Crippen molar-refractivity contribution in [2.24, 2.45) is 0 Å². The first-order valence-corrected chi connectivity index (χ1v) is 5.46. The summed E-state index contributed by atoms with van der Waals surface area (Å²) in [4.78, 5) is 25.4. The van der Waals surface area contributed by atoms with Gasteiger partial charge in [-0.1, -0.05) is 6.07 Å². The number of carbonyl (C=O) groups is 1. The third-order valence-corrected chi connectivity index (χ3v) is 2.54. The first-order chi connectivity index (χ1) is 9.10. The van der Waals surface area contributed by atoms with Crippen molar-refractivity contribution in [1.29, 1.82) is 0 Å². The minimum absolute atomic E-state index is 0.0229. The molecule has 1 heterocycles. The predicted molar refractivity (Wildman–Crippen MR) is 67.6 cm³/mol. The van der Waals surface area contributed by atoms with Gasteiger partial charge in [0, 0.05) is 17.5 Å². The van der Waals surface area contributed by atoms with E-state index >= 15 is 0 Å². The lowest BCUT2D eigenvalue weighted by Gasteiger charge is -2.04. The largest absolute Gasteiger partial charge is 0.453 e. The summed E-state index contributed by atoms with van der Waals surface area (Å²) in [6, 6.07) is 7.85. The van der Waals surface area contributed by atoms with E-state index in [4.69, 9.17) is 0 Å². The van der Waals surface area contributed by atoms with Gasteiger partial charge in [-0.2, -0.15) is 0 Å². The maximum atomic E-state index is 10.9. The number of hydrogen-bond donors (Lipinski definition) is 1. The van der Waals surface area contributed by atoms with E-state index in [2.05, 4.69) is 15.0 Å². The highest BCUT2D eigenvalue weighted by Crippen LogP contribution is 2.19. The van der Waals surface area contributed by atoms with Gasteiger partial charge in [0.25, 0.3) is 5.69 Å². The molecule has 0 aliphatic heterocycles. The molecule has 0 bridgehead atoms. The van der Waals surface area contributed by atoms with Gasteiger partial charge < -0.3 is 10.1 Å². The number of methoxy groups -OCH3 is 1. The molecule has 2 aromatic rings. The summed E-state index contributed by atoms with van der Waals surface area (Å²) in [5, 5.41) is 13.8. The second kappa shape index (κ2) is 5.30.